The Labute approximate surface area is 131 Å². The second-order valence-electron chi connectivity index (χ2n) is 6.07. The largest absolute Gasteiger partial charge is 0.326 e. The van der Waals surface area contributed by atoms with Crippen molar-refractivity contribution >= 4 is 15.9 Å². The van der Waals surface area contributed by atoms with Gasteiger partial charge in [0, 0.05) is 10.5 Å². The molecule has 112 valence electrons. The van der Waals surface area contributed by atoms with Crippen molar-refractivity contribution in [3.8, 4) is 0 Å². The second kappa shape index (κ2) is 7.58. The van der Waals surface area contributed by atoms with E-state index in [-0.39, 0.29) is 6.04 Å². The highest BCUT2D eigenvalue weighted by molar-refractivity contribution is 9.10. The Balaban J connectivity index is 2.19. The van der Waals surface area contributed by atoms with Gasteiger partial charge in [0.15, 0.2) is 0 Å². The number of benzene rings is 1. The maximum atomic E-state index is 6.32. The third kappa shape index (κ3) is 3.84. The van der Waals surface area contributed by atoms with E-state index in [0.717, 1.165) is 5.92 Å². The fourth-order valence-electron chi connectivity index (χ4n) is 3.40. The molecule has 0 spiro atoms. The zero-order valence-electron chi connectivity index (χ0n) is 12.7. The third-order valence-corrected chi connectivity index (χ3v) is 5.30. The summed E-state index contributed by atoms with van der Waals surface area (Å²) in [6.45, 7) is 6.79. The molecule has 1 aliphatic heterocycles. The van der Waals surface area contributed by atoms with E-state index in [4.69, 9.17) is 5.73 Å². The van der Waals surface area contributed by atoms with Gasteiger partial charge in [-0.15, -0.1) is 0 Å². The molecule has 1 aromatic rings. The standard InChI is InChI=1S/C17H27BrN2/c1-3-14-7-6-11-20(12-10-14)17(13(2)19)15-8-4-5-9-16(15)18/h4-5,8-9,13-14,17H,3,6-7,10-12,19H2,1-2H3. The molecule has 2 nitrogen and oxygen atoms in total. The second-order valence-corrected chi connectivity index (χ2v) is 6.92. The topological polar surface area (TPSA) is 29.3 Å². The average molecular weight is 339 g/mol. The van der Waals surface area contributed by atoms with Crippen molar-refractivity contribution in [3.63, 3.8) is 0 Å². The first kappa shape index (κ1) is 16.0. The van der Waals surface area contributed by atoms with Crippen LogP contribution < -0.4 is 5.73 Å². The van der Waals surface area contributed by atoms with Crippen LogP contribution in [0.2, 0.25) is 0 Å². The van der Waals surface area contributed by atoms with E-state index in [0.29, 0.717) is 6.04 Å². The molecule has 20 heavy (non-hydrogen) atoms. The van der Waals surface area contributed by atoms with Crippen molar-refractivity contribution < 1.29 is 0 Å². The van der Waals surface area contributed by atoms with Crippen LogP contribution in [-0.2, 0) is 0 Å². The Bertz CT molecular complexity index is 419. The van der Waals surface area contributed by atoms with Gasteiger partial charge < -0.3 is 5.73 Å². The molecule has 2 rings (SSSR count). The molecule has 0 aliphatic carbocycles. The van der Waals surface area contributed by atoms with E-state index in [2.05, 4.69) is 58.9 Å². The minimum absolute atomic E-state index is 0.145. The molecule has 1 fully saturated rings. The van der Waals surface area contributed by atoms with E-state index >= 15 is 0 Å². The lowest BCUT2D eigenvalue weighted by atomic mass is 9.97. The van der Waals surface area contributed by atoms with Crippen LogP contribution in [-0.4, -0.2) is 24.0 Å². The zero-order chi connectivity index (χ0) is 14.5. The molecule has 1 aromatic carbocycles. The summed E-state index contributed by atoms with van der Waals surface area (Å²) in [5, 5.41) is 0. The number of likely N-dealkylation sites (tertiary alicyclic amines) is 1. The van der Waals surface area contributed by atoms with Crippen LogP contribution in [0.1, 0.15) is 51.1 Å². The van der Waals surface area contributed by atoms with Crippen molar-refractivity contribution in [1.82, 2.24) is 4.90 Å². The van der Waals surface area contributed by atoms with E-state index < -0.39 is 0 Å². The van der Waals surface area contributed by atoms with Crippen molar-refractivity contribution in [1.29, 1.82) is 0 Å². The SMILES string of the molecule is CCC1CCCN(C(c2ccccc2Br)C(C)N)CC1. The summed E-state index contributed by atoms with van der Waals surface area (Å²) < 4.78 is 1.18. The number of rotatable bonds is 4. The molecule has 3 unspecified atom stereocenters. The van der Waals surface area contributed by atoms with E-state index in [9.17, 15) is 0 Å². The van der Waals surface area contributed by atoms with E-state index in [1.807, 2.05) is 0 Å². The van der Waals surface area contributed by atoms with Crippen LogP contribution in [0, 0.1) is 5.92 Å². The van der Waals surface area contributed by atoms with Crippen LogP contribution >= 0.6 is 15.9 Å². The van der Waals surface area contributed by atoms with Crippen LogP contribution in [0.5, 0.6) is 0 Å². The van der Waals surface area contributed by atoms with Gasteiger partial charge in [-0.2, -0.15) is 0 Å². The van der Waals surface area contributed by atoms with E-state index in [1.54, 1.807) is 0 Å². The summed E-state index contributed by atoms with van der Waals surface area (Å²) in [5.74, 6) is 0.896. The zero-order valence-corrected chi connectivity index (χ0v) is 14.3. The number of nitrogens with zero attached hydrogens (tertiary/aromatic N) is 1. The lowest BCUT2D eigenvalue weighted by molar-refractivity contribution is 0.180. The summed E-state index contributed by atoms with van der Waals surface area (Å²) in [4.78, 5) is 2.60. The minimum Gasteiger partial charge on any atom is -0.326 e. The number of nitrogens with two attached hydrogens (primary N) is 1. The molecule has 0 saturated carbocycles. The lowest BCUT2D eigenvalue weighted by Crippen LogP contribution is -2.40. The van der Waals surface area contributed by atoms with Crippen molar-refractivity contribution in [3.05, 3.63) is 34.3 Å². The number of hydrogen-bond acceptors (Lipinski definition) is 2. The molecule has 0 amide bonds. The predicted molar refractivity (Wildman–Crippen MR) is 89.7 cm³/mol. The summed E-state index contributed by atoms with van der Waals surface area (Å²) >= 11 is 3.69. The fourth-order valence-corrected chi connectivity index (χ4v) is 3.92. The molecule has 0 bridgehead atoms. The molecule has 3 heteroatoms. The maximum absolute atomic E-state index is 6.32. The molecular weight excluding hydrogens is 312 g/mol. The smallest absolute Gasteiger partial charge is 0.0507 e. The van der Waals surface area contributed by atoms with Gasteiger partial charge in [-0.3, -0.25) is 4.90 Å². The summed E-state index contributed by atoms with van der Waals surface area (Å²) in [6.07, 6.45) is 5.29. The highest BCUT2D eigenvalue weighted by Gasteiger charge is 2.27. The van der Waals surface area contributed by atoms with Crippen LogP contribution in [0.4, 0.5) is 0 Å². The van der Waals surface area contributed by atoms with Gasteiger partial charge >= 0.3 is 0 Å². The monoisotopic (exact) mass is 338 g/mol. The molecule has 3 atom stereocenters. The maximum Gasteiger partial charge on any atom is 0.0507 e. The Morgan fingerprint density at radius 1 is 1.30 bits per heavy atom. The first-order valence-electron chi connectivity index (χ1n) is 7.87. The number of hydrogen-bond donors (Lipinski definition) is 1. The van der Waals surface area contributed by atoms with E-state index in [1.165, 1.54) is 48.8 Å². The summed E-state index contributed by atoms with van der Waals surface area (Å²) in [7, 11) is 0. The quantitative estimate of drug-likeness (QED) is 0.884. The first-order chi connectivity index (χ1) is 9.63. The average Bonchev–Trinajstić information content (AvgIpc) is 2.66. The predicted octanol–water partition coefficient (Wildman–Crippen LogP) is 4.35. The molecule has 1 heterocycles. The Morgan fingerprint density at radius 3 is 2.70 bits per heavy atom. The molecule has 0 aromatic heterocycles. The van der Waals surface area contributed by atoms with Crippen LogP contribution in [0.3, 0.4) is 0 Å². The summed E-state index contributed by atoms with van der Waals surface area (Å²) in [5.41, 5.74) is 7.66. The van der Waals surface area contributed by atoms with Gasteiger partial charge in [-0.05, 0) is 56.8 Å². The fraction of sp³-hybridized carbons (Fsp3) is 0.647. The summed E-state index contributed by atoms with van der Waals surface area (Å²) in [6, 6.07) is 8.98. The van der Waals surface area contributed by atoms with Gasteiger partial charge in [0.25, 0.3) is 0 Å². The number of halogens is 1. The van der Waals surface area contributed by atoms with Gasteiger partial charge in [0.05, 0.1) is 6.04 Å². The normalized spacial score (nSPS) is 24.1. The third-order valence-electron chi connectivity index (χ3n) is 4.57. The van der Waals surface area contributed by atoms with Crippen molar-refractivity contribution in [2.24, 2.45) is 11.7 Å². The van der Waals surface area contributed by atoms with Crippen molar-refractivity contribution in [2.45, 2.75) is 51.6 Å². The highest BCUT2D eigenvalue weighted by Crippen LogP contribution is 2.32. The molecular formula is C17H27BrN2. The molecule has 0 radical (unpaired) electrons. The van der Waals surface area contributed by atoms with Gasteiger partial charge in [0.2, 0.25) is 0 Å². The first-order valence-corrected chi connectivity index (χ1v) is 8.66. The van der Waals surface area contributed by atoms with Gasteiger partial charge in [-0.25, -0.2) is 0 Å². The minimum atomic E-state index is 0.145. The van der Waals surface area contributed by atoms with Gasteiger partial charge in [0.1, 0.15) is 0 Å². The van der Waals surface area contributed by atoms with Gasteiger partial charge in [-0.1, -0.05) is 47.5 Å². The Hall–Kier alpha value is -0.380. The van der Waals surface area contributed by atoms with Crippen LogP contribution in [0.15, 0.2) is 28.7 Å². The highest BCUT2D eigenvalue weighted by atomic mass is 79.9. The molecule has 1 aliphatic rings. The molecule has 1 saturated heterocycles. The van der Waals surface area contributed by atoms with Crippen molar-refractivity contribution in [2.75, 3.05) is 13.1 Å². The Kier molecular flexibility index (Phi) is 6.06. The van der Waals surface area contributed by atoms with Crippen LogP contribution in [0.25, 0.3) is 0 Å². The molecule has 2 N–H and O–H groups in total. The Morgan fingerprint density at radius 2 is 2.05 bits per heavy atom. The lowest BCUT2D eigenvalue weighted by Gasteiger charge is -2.34.